The number of nitrogens with zero attached hydrogens (tertiary/aromatic N) is 2. The third-order valence-electron chi connectivity index (χ3n) is 2.27. The maximum atomic E-state index is 10.7. The molecule has 0 saturated carbocycles. The molecule has 0 aliphatic carbocycles. The molecule has 0 bridgehead atoms. The summed E-state index contributed by atoms with van der Waals surface area (Å²) in [4.78, 5) is 15.2. The lowest BCUT2D eigenvalue weighted by atomic mass is 10.2. The summed E-state index contributed by atoms with van der Waals surface area (Å²) in [5.41, 5.74) is 1.55. The van der Waals surface area contributed by atoms with Gasteiger partial charge in [0, 0.05) is 26.9 Å². The van der Waals surface area contributed by atoms with E-state index in [4.69, 9.17) is 0 Å². The Morgan fingerprint density at radius 2 is 2.19 bits per heavy atom. The first-order chi connectivity index (χ1) is 7.50. The van der Waals surface area contributed by atoms with Crippen molar-refractivity contribution >= 4 is 45.1 Å². The number of thiol groups is 1. The van der Waals surface area contributed by atoms with E-state index >= 15 is 0 Å². The molecule has 4 nitrogen and oxygen atoms in total. The van der Waals surface area contributed by atoms with Gasteiger partial charge in [0.05, 0.1) is 16.1 Å². The SMILES string of the molecule is Cc1nc2ccc([N+](=O)[O-])cc2c(Br)c1S. The molecule has 0 aliphatic heterocycles. The monoisotopic (exact) mass is 298 g/mol. The lowest BCUT2D eigenvalue weighted by molar-refractivity contribution is -0.384. The van der Waals surface area contributed by atoms with Crippen LogP contribution in [0.2, 0.25) is 0 Å². The molecule has 0 spiro atoms. The number of hydrogen-bond donors (Lipinski definition) is 1. The predicted octanol–water partition coefficient (Wildman–Crippen LogP) is 3.50. The standard InChI is InChI=1S/C10H7BrN2O2S/c1-5-10(16)9(11)7-4-6(13(14)15)2-3-8(7)12-5/h2-4,16H,1H3. The van der Waals surface area contributed by atoms with E-state index in [1.165, 1.54) is 12.1 Å². The van der Waals surface area contributed by atoms with Crippen LogP contribution in [-0.4, -0.2) is 9.91 Å². The Morgan fingerprint density at radius 3 is 2.81 bits per heavy atom. The molecule has 0 atom stereocenters. The van der Waals surface area contributed by atoms with Crippen molar-refractivity contribution < 1.29 is 4.92 Å². The van der Waals surface area contributed by atoms with Crippen molar-refractivity contribution in [2.24, 2.45) is 0 Å². The van der Waals surface area contributed by atoms with Gasteiger partial charge < -0.3 is 0 Å². The highest BCUT2D eigenvalue weighted by molar-refractivity contribution is 9.10. The van der Waals surface area contributed by atoms with Crippen molar-refractivity contribution in [3.8, 4) is 0 Å². The van der Waals surface area contributed by atoms with Crippen LogP contribution in [0.15, 0.2) is 27.6 Å². The molecule has 1 heterocycles. The molecule has 16 heavy (non-hydrogen) atoms. The molecule has 0 N–H and O–H groups in total. The van der Waals surface area contributed by atoms with Crippen LogP contribution in [-0.2, 0) is 0 Å². The molecule has 6 heteroatoms. The molecule has 2 rings (SSSR count). The van der Waals surface area contributed by atoms with Crippen LogP contribution in [0, 0.1) is 17.0 Å². The van der Waals surface area contributed by atoms with Crippen molar-refractivity contribution in [3.05, 3.63) is 38.5 Å². The molecular weight excluding hydrogens is 292 g/mol. The lowest BCUT2D eigenvalue weighted by Gasteiger charge is -2.06. The first-order valence-corrected chi connectivity index (χ1v) is 5.68. The van der Waals surface area contributed by atoms with Crippen molar-refractivity contribution in [1.82, 2.24) is 4.98 Å². The van der Waals surface area contributed by atoms with Gasteiger partial charge in [-0.05, 0) is 28.9 Å². The normalized spacial score (nSPS) is 10.7. The molecule has 0 saturated heterocycles. The lowest BCUT2D eigenvalue weighted by Crippen LogP contribution is -1.91. The third-order valence-corrected chi connectivity index (χ3v) is 3.94. The quantitative estimate of drug-likeness (QED) is 0.498. The van der Waals surface area contributed by atoms with E-state index in [0.29, 0.717) is 15.8 Å². The van der Waals surface area contributed by atoms with Gasteiger partial charge in [-0.25, -0.2) is 0 Å². The fourth-order valence-electron chi connectivity index (χ4n) is 1.43. The average molecular weight is 299 g/mol. The highest BCUT2D eigenvalue weighted by atomic mass is 79.9. The Morgan fingerprint density at radius 1 is 1.50 bits per heavy atom. The van der Waals surface area contributed by atoms with Gasteiger partial charge in [-0.15, -0.1) is 12.6 Å². The summed E-state index contributed by atoms with van der Waals surface area (Å²) in [6.45, 7) is 1.84. The summed E-state index contributed by atoms with van der Waals surface area (Å²) in [6, 6.07) is 4.57. The highest BCUT2D eigenvalue weighted by Gasteiger charge is 2.12. The van der Waals surface area contributed by atoms with Crippen LogP contribution in [0.3, 0.4) is 0 Å². The van der Waals surface area contributed by atoms with E-state index in [1.807, 2.05) is 6.92 Å². The number of pyridine rings is 1. The summed E-state index contributed by atoms with van der Waals surface area (Å²) in [5.74, 6) is 0. The predicted molar refractivity (Wildman–Crippen MR) is 68.1 cm³/mol. The fourth-order valence-corrected chi connectivity index (χ4v) is 2.21. The Bertz CT molecular complexity index is 601. The number of hydrogen-bond acceptors (Lipinski definition) is 4. The minimum Gasteiger partial charge on any atom is -0.258 e. The topological polar surface area (TPSA) is 56.0 Å². The summed E-state index contributed by atoms with van der Waals surface area (Å²) in [7, 11) is 0. The first kappa shape index (κ1) is 11.3. The van der Waals surface area contributed by atoms with Crippen LogP contribution in [0.25, 0.3) is 10.9 Å². The molecule has 0 amide bonds. The van der Waals surface area contributed by atoms with Gasteiger partial charge in [-0.1, -0.05) is 0 Å². The number of aryl methyl sites for hydroxylation is 1. The second-order valence-corrected chi connectivity index (χ2v) is 4.56. The molecule has 0 radical (unpaired) electrons. The van der Waals surface area contributed by atoms with Crippen LogP contribution in [0.5, 0.6) is 0 Å². The van der Waals surface area contributed by atoms with E-state index in [0.717, 1.165) is 10.2 Å². The molecule has 0 fully saturated rings. The summed E-state index contributed by atoms with van der Waals surface area (Å²) in [6.07, 6.45) is 0. The average Bonchev–Trinajstić information content (AvgIpc) is 2.25. The van der Waals surface area contributed by atoms with Crippen LogP contribution >= 0.6 is 28.6 Å². The maximum Gasteiger partial charge on any atom is 0.270 e. The van der Waals surface area contributed by atoms with Crippen LogP contribution in [0.1, 0.15) is 5.69 Å². The van der Waals surface area contributed by atoms with Gasteiger partial charge in [0.15, 0.2) is 0 Å². The highest BCUT2D eigenvalue weighted by Crippen LogP contribution is 2.32. The number of nitro benzene ring substituents is 1. The summed E-state index contributed by atoms with van der Waals surface area (Å²) in [5, 5.41) is 11.4. The number of aromatic nitrogens is 1. The van der Waals surface area contributed by atoms with Crippen LogP contribution in [0.4, 0.5) is 5.69 Å². The van der Waals surface area contributed by atoms with Gasteiger partial charge >= 0.3 is 0 Å². The Kier molecular flexibility index (Phi) is 2.86. The minimum absolute atomic E-state index is 0.0478. The second-order valence-electron chi connectivity index (χ2n) is 3.32. The zero-order valence-electron chi connectivity index (χ0n) is 8.27. The smallest absolute Gasteiger partial charge is 0.258 e. The zero-order chi connectivity index (χ0) is 11.9. The van der Waals surface area contributed by atoms with E-state index in [9.17, 15) is 10.1 Å². The minimum atomic E-state index is -0.427. The number of fused-ring (bicyclic) bond motifs is 1. The number of benzene rings is 1. The Balaban J connectivity index is 2.82. The maximum absolute atomic E-state index is 10.7. The summed E-state index contributed by atoms with van der Waals surface area (Å²) < 4.78 is 0.738. The van der Waals surface area contributed by atoms with Gasteiger partial charge in [0.1, 0.15) is 0 Å². The largest absolute Gasteiger partial charge is 0.270 e. The second kappa shape index (κ2) is 4.03. The fraction of sp³-hybridized carbons (Fsp3) is 0.100. The first-order valence-electron chi connectivity index (χ1n) is 4.44. The van der Waals surface area contributed by atoms with Gasteiger partial charge in [-0.3, -0.25) is 15.1 Å². The van der Waals surface area contributed by atoms with E-state index in [2.05, 4.69) is 33.5 Å². The number of halogens is 1. The van der Waals surface area contributed by atoms with Crippen molar-refractivity contribution in [2.45, 2.75) is 11.8 Å². The van der Waals surface area contributed by atoms with Gasteiger partial charge in [-0.2, -0.15) is 0 Å². The van der Waals surface area contributed by atoms with E-state index in [1.54, 1.807) is 6.07 Å². The van der Waals surface area contributed by atoms with Crippen LogP contribution < -0.4 is 0 Å². The molecule has 1 aromatic carbocycles. The van der Waals surface area contributed by atoms with Gasteiger partial charge in [0.2, 0.25) is 0 Å². The van der Waals surface area contributed by atoms with Crippen molar-refractivity contribution in [1.29, 1.82) is 0 Å². The summed E-state index contributed by atoms with van der Waals surface area (Å²) >= 11 is 7.67. The molecule has 0 unspecified atom stereocenters. The number of nitro groups is 1. The molecule has 0 aliphatic rings. The molecule has 1 aromatic heterocycles. The van der Waals surface area contributed by atoms with E-state index in [-0.39, 0.29) is 5.69 Å². The van der Waals surface area contributed by atoms with Gasteiger partial charge in [0.25, 0.3) is 5.69 Å². The zero-order valence-corrected chi connectivity index (χ0v) is 10.7. The number of non-ortho nitro benzene ring substituents is 1. The Hall–Kier alpha value is -1.14. The third kappa shape index (κ3) is 1.78. The van der Waals surface area contributed by atoms with Crippen molar-refractivity contribution in [2.75, 3.05) is 0 Å². The van der Waals surface area contributed by atoms with Crippen molar-refractivity contribution in [3.63, 3.8) is 0 Å². The number of rotatable bonds is 1. The Labute approximate surface area is 105 Å². The molecule has 82 valence electrons. The molecule has 2 aromatic rings. The molecular formula is C10H7BrN2O2S. The van der Waals surface area contributed by atoms with E-state index < -0.39 is 4.92 Å².